The molecule has 0 N–H and O–H groups in total. The van der Waals surface area contributed by atoms with E-state index in [9.17, 15) is 0 Å². The number of aromatic nitrogens is 2. The van der Waals surface area contributed by atoms with Gasteiger partial charge < -0.3 is 9.13 Å². The van der Waals surface area contributed by atoms with Crippen molar-refractivity contribution in [3.63, 3.8) is 0 Å². The Bertz CT molecular complexity index is 2890. The Morgan fingerprint density at radius 1 is 0.431 bits per heavy atom. The van der Waals surface area contributed by atoms with E-state index in [2.05, 4.69) is 191 Å². The molecule has 11 rings (SSSR count). The van der Waals surface area contributed by atoms with Gasteiger partial charge in [0.2, 0.25) is 0 Å². The van der Waals surface area contributed by atoms with Gasteiger partial charge in [-0.1, -0.05) is 121 Å². The smallest absolute Gasteiger partial charge is 0.0541 e. The van der Waals surface area contributed by atoms with Crippen molar-refractivity contribution in [3.05, 3.63) is 193 Å². The highest BCUT2D eigenvalue weighted by Gasteiger charge is 2.37. The second-order valence-corrected chi connectivity index (χ2v) is 14.8. The first-order valence-electron chi connectivity index (χ1n) is 17.7. The summed E-state index contributed by atoms with van der Waals surface area (Å²) in [7, 11) is 0. The van der Waals surface area contributed by atoms with Gasteiger partial charge in [-0.05, 0) is 88.5 Å². The number of benzene rings is 7. The molecular weight excluding hydrogens is 637 g/mol. The molecule has 0 radical (unpaired) electrons. The molecule has 2 aromatic heterocycles. The van der Waals surface area contributed by atoms with Crippen LogP contribution in [0.25, 0.3) is 71.7 Å². The summed E-state index contributed by atoms with van der Waals surface area (Å²) in [5.41, 5.74) is 13.9. The molecule has 9 aromatic rings. The fourth-order valence-corrected chi connectivity index (χ4v) is 10.1. The van der Waals surface area contributed by atoms with Gasteiger partial charge in [-0.15, -0.1) is 11.8 Å². The van der Waals surface area contributed by atoms with Crippen LogP contribution in [-0.4, -0.2) is 14.4 Å². The van der Waals surface area contributed by atoms with E-state index in [-0.39, 0.29) is 0 Å². The monoisotopic (exact) mass is 668 g/mol. The standard InChI is InChI=1S/C48H32N2S/c1-3-13-31(14-4-1)39-29-35(30-42-38-19-9-12-22-47(38)51-48(39)42)50-44-21-11-8-18-37(44)41-28-33(24-26-46(41)50)32-23-25-45-40(27-32)36-17-7-10-20-43(36)49(45)34-15-5-2-6-16-34/h1-30,42,48H. The average Bonchev–Trinajstić information content (AvgIpc) is 3.85. The lowest BCUT2D eigenvalue weighted by Gasteiger charge is -2.27. The molecule has 0 saturated heterocycles. The van der Waals surface area contributed by atoms with Gasteiger partial charge in [-0.2, -0.15) is 0 Å². The Balaban J connectivity index is 1.10. The van der Waals surface area contributed by atoms with Crippen molar-refractivity contribution in [2.75, 3.05) is 0 Å². The van der Waals surface area contributed by atoms with Crippen molar-refractivity contribution in [2.24, 2.45) is 0 Å². The zero-order chi connectivity index (χ0) is 33.5. The highest BCUT2D eigenvalue weighted by Crippen LogP contribution is 2.54. The van der Waals surface area contributed by atoms with Gasteiger partial charge in [0.05, 0.1) is 22.1 Å². The zero-order valence-electron chi connectivity index (χ0n) is 27.8. The molecule has 51 heavy (non-hydrogen) atoms. The molecule has 2 nitrogen and oxygen atoms in total. The fourth-order valence-electron chi connectivity index (χ4n) is 8.60. The average molecular weight is 669 g/mol. The maximum Gasteiger partial charge on any atom is 0.0541 e. The van der Waals surface area contributed by atoms with Crippen LogP contribution in [0.3, 0.4) is 0 Å². The Labute approximate surface area is 300 Å². The molecule has 7 aromatic carbocycles. The van der Waals surface area contributed by atoms with Crippen LogP contribution in [0.1, 0.15) is 17.0 Å². The third-order valence-corrected chi connectivity index (χ3v) is 12.3. The van der Waals surface area contributed by atoms with E-state index in [1.54, 1.807) is 0 Å². The molecule has 2 unspecified atom stereocenters. The molecule has 0 saturated carbocycles. The molecule has 0 fully saturated rings. The highest BCUT2D eigenvalue weighted by atomic mass is 32.2. The number of hydrogen-bond acceptors (Lipinski definition) is 1. The van der Waals surface area contributed by atoms with Gasteiger partial charge in [0.1, 0.15) is 0 Å². The number of hydrogen-bond donors (Lipinski definition) is 0. The van der Waals surface area contributed by atoms with Gasteiger partial charge in [-0.25, -0.2) is 0 Å². The lowest BCUT2D eigenvalue weighted by Crippen LogP contribution is -2.16. The third-order valence-electron chi connectivity index (χ3n) is 10.9. The van der Waals surface area contributed by atoms with Gasteiger partial charge in [0, 0.05) is 49.0 Å². The maximum absolute atomic E-state index is 2.52. The normalized spacial score (nSPS) is 16.8. The van der Waals surface area contributed by atoms with E-state index in [1.807, 2.05) is 11.8 Å². The van der Waals surface area contributed by atoms with E-state index in [0.29, 0.717) is 11.2 Å². The van der Waals surface area contributed by atoms with Gasteiger partial charge in [-0.3, -0.25) is 0 Å². The van der Waals surface area contributed by atoms with E-state index >= 15 is 0 Å². The molecule has 1 aliphatic heterocycles. The van der Waals surface area contributed by atoms with Crippen molar-refractivity contribution in [1.82, 2.24) is 9.13 Å². The number of para-hydroxylation sites is 3. The second kappa shape index (κ2) is 11.2. The maximum atomic E-state index is 2.52. The summed E-state index contributed by atoms with van der Waals surface area (Å²) in [5, 5.41) is 5.44. The number of allylic oxidation sites excluding steroid dienone is 3. The Morgan fingerprint density at radius 3 is 1.69 bits per heavy atom. The predicted molar refractivity (Wildman–Crippen MR) is 217 cm³/mol. The minimum atomic E-state index is 0.307. The highest BCUT2D eigenvalue weighted by molar-refractivity contribution is 8.00. The van der Waals surface area contributed by atoms with Crippen LogP contribution in [0.2, 0.25) is 0 Å². The summed E-state index contributed by atoms with van der Waals surface area (Å²) >= 11 is 2.01. The molecule has 3 heteroatoms. The minimum Gasteiger partial charge on any atom is -0.310 e. The van der Waals surface area contributed by atoms with Gasteiger partial charge in [0.25, 0.3) is 0 Å². The third kappa shape index (κ3) is 4.38. The van der Waals surface area contributed by atoms with E-state index in [1.165, 1.54) is 87.7 Å². The Kier molecular flexibility index (Phi) is 6.34. The lowest BCUT2D eigenvalue weighted by atomic mass is 9.84. The van der Waals surface area contributed by atoms with Crippen LogP contribution in [0.5, 0.6) is 0 Å². The summed E-state index contributed by atoms with van der Waals surface area (Å²) in [6, 6.07) is 62.3. The Morgan fingerprint density at radius 2 is 0.980 bits per heavy atom. The molecule has 0 bridgehead atoms. The van der Waals surface area contributed by atoms with Crippen molar-refractivity contribution in [1.29, 1.82) is 0 Å². The molecule has 2 atom stereocenters. The zero-order valence-corrected chi connectivity index (χ0v) is 28.6. The summed E-state index contributed by atoms with van der Waals surface area (Å²) < 4.78 is 4.88. The predicted octanol–water partition coefficient (Wildman–Crippen LogP) is 12.8. The molecule has 2 aliphatic rings. The number of rotatable bonds is 4. The molecule has 3 heterocycles. The molecule has 0 amide bonds. The number of nitrogens with zero attached hydrogens (tertiary/aromatic N) is 2. The van der Waals surface area contributed by atoms with Crippen LogP contribution in [0.4, 0.5) is 0 Å². The first kappa shape index (κ1) is 28.8. The van der Waals surface area contributed by atoms with Gasteiger partial charge >= 0.3 is 0 Å². The van der Waals surface area contributed by atoms with Crippen molar-refractivity contribution in [3.8, 4) is 16.8 Å². The summed E-state index contributed by atoms with van der Waals surface area (Å²) in [5.74, 6) is 0.307. The van der Waals surface area contributed by atoms with Crippen molar-refractivity contribution < 1.29 is 0 Å². The summed E-state index contributed by atoms with van der Waals surface area (Å²) in [4.78, 5) is 1.39. The second-order valence-electron chi connectivity index (χ2n) is 13.7. The fraction of sp³-hybridized carbons (Fsp3) is 0.0417. The quantitative estimate of drug-likeness (QED) is 0.181. The minimum absolute atomic E-state index is 0.307. The first-order valence-corrected chi connectivity index (χ1v) is 18.6. The van der Waals surface area contributed by atoms with Crippen LogP contribution >= 0.6 is 11.8 Å². The van der Waals surface area contributed by atoms with E-state index in [4.69, 9.17) is 0 Å². The largest absolute Gasteiger partial charge is 0.310 e. The topological polar surface area (TPSA) is 9.86 Å². The molecule has 240 valence electrons. The van der Waals surface area contributed by atoms with Gasteiger partial charge in [0.15, 0.2) is 0 Å². The van der Waals surface area contributed by atoms with Crippen LogP contribution in [0, 0.1) is 0 Å². The van der Waals surface area contributed by atoms with E-state index in [0.717, 1.165) is 0 Å². The summed E-state index contributed by atoms with van der Waals surface area (Å²) in [6.45, 7) is 0. The van der Waals surface area contributed by atoms with Crippen molar-refractivity contribution in [2.45, 2.75) is 16.1 Å². The van der Waals surface area contributed by atoms with Crippen LogP contribution in [-0.2, 0) is 0 Å². The molecular formula is C48H32N2S. The van der Waals surface area contributed by atoms with Crippen molar-refractivity contribution >= 4 is 66.6 Å². The Hall–Kier alpha value is -6.03. The molecule has 0 spiro atoms. The summed E-state index contributed by atoms with van der Waals surface area (Å²) in [6.07, 6.45) is 4.97. The first-order chi connectivity index (χ1) is 25.3. The molecule has 1 aliphatic carbocycles. The van der Waals surface area contributed by atoms with Crippen LogP contribution < -0.4 is 0 Å². The number of fused-ring (bicyclic) bond motifs is 9. The number of thioether (sulfide) groups is 1. The lowest BCUT2D eigenvalue weighted by molar-refractivity contribution is 0.887. The van der Waals surface area contributed by atoms with E-state index < -0.39 is 0 Å². The SMILES string of the molecule is C1=C(c2ccccc2)C2Sc3ccccc3C2C=C1n1c2ccccc2c2cc(-c3ccc4c(c3)c3ccccc3n4-c3ccccc3)ccc21. The van der Waals surface area contributed by atoms with Crippen LogP contribution in [0.15, 0.2) is 187 Å².